The first kappa shape index (κ1) is 14.6. The summed E-state index contributed by atoms with van der Waals surface area (Å²) in [5.74, 6) is -2.49. The van der Waals surface area contributed by atoms with Crippen LogP contribution in [-0.4, -0.2) is 50.8 Å². The van der Waals surface area contributed by atoms with E-state index in [4.69, 9.17) is 5.11 Å². The molecule has 7 heteroatoms. The fourth-order valence-corrected chi connectivity index (χ4v) is 2.78. The Bertz CT molecular complexity index is 554. The Morgan fingerprint density at radius 3 is 2.50 bits per heavy atom. The SMILES string of the molecule is CN(C)CCS(=O)(=O)c1cc(C(=O)O)ccc1F. The molecule has 0 aliphatic heterocycles. The van der Waals surface area contributed by atoms with Crippen molar-refractivity contribution in [1.29, 1.82) is 0 Å². The number of hydrogen-bond donors (Lipinski definition) is 1. The van der Waals surface area contributed by atoms with Crippen LogP contribution >= 0.6 is 0 Å². The van der Waals surface area contributed by atoms with E-state index in [2.05, 4.69) is 0 Å². The van der Waals surface area contributed by atoms with Crippen LogP contribution in [0.2, 0.25) is 0 Å². The molecule has 100 valence electrons. The minimum absolute atomic E-state index is 0.235. The van der Waals surface area contributed by atoms with Crippen molar-refractivity contribution in [2.75, 3.05) is 26.4 Å². The van der Waals surface area contributed by atoms with E-state index in [1.807, 2.05) is 0 Å². The molecule has 0 aliphatic carbocycles. The first-order valence-electron chi connectivity index (χ1n) is 5.14. The van der Waals surface area contributed by atoms with E-state index >= 15 is 0 Å². The maximum Gasteiger partial charge on any atom is 0.335 e. The molecule has 18 heavy (non-hydrogen) atoms. The predicted octanol–water partition coefficient (Wildman–Crippen LogP) is 0.859. The average molecular weight is 275 g/mol. The van der Waals surface area contributed by atoms with Crippen molar-refractivity contribution in [3.05, 3.63) is 29.6 Å². The smallest absolute Gasteiger partial charge is 0.335 e. The maximum atomic E-state index is 13.5. The van der Waals surface area contributed by atoms with Crippen LogP contribution in [0.25, 0.3) is 0 Å². The van der Waals surface area contributed by atoms with E-state index in [-0.39, 0.29) is 17.9 Å². The molecule has 0 atom stereocenters. The van der Waals surface area contributed by atoms with Gasteiger partial charge in [-0.05, 0) is 32.3 Å². The molecule has 1 N–H and O–H groups in total. The van der Waals surface area contributed by atoms with Crippen LogP contribution in [-0.2, 0) is 9.84 Å². The van der Waals surface area contributed by atoms with Crippen molar-refractivity contribution in [1.82, 2.24) is 4.90 Å². The van der Waals surface area contributed by atoms with Gasteiger partial charge in [-0.25, -0.2) is 17.6 Å². The summed E-state index contributed by atoms with van der Waals surface area (Å²) in [5.41, 5.74) is -0.250. The van der Waals surface area contributed by atoms with Crippen LogP contribution in [0, 0.1) is 5.82 Å². The normalized spacial score (nSPS) is 11.8. The molecule has 1 aromatic rings. The number of nitrogens with zero attached hydrogens (tertiary/aromatic N) is 1. The van der Waals surface area contributed by atoms with E-state index < -0.39 is 26.5 Å². The van der Waals surface area contributed by atoms with E-state index in [9.17, 15) is 17.6 Å². The lowest BCUT2D eigenvalue weighted by Gasteiger charge is -2.10. The van der Waals surface area contributed by atoms with Crippen LogP contribution in [0.15, 0.2) is 23.1 Å². The lowest BCUT2D eigenvalue weighted by atomic mass is 10.2. The summed E-state index contributed by atoms with van der Waals surface area (Å²) in [5, 5.41) is 8.76. The second kappa shape index (κ2) is 5.45. The minimum atomic E-state index is -3.82. The van der Waals surface area contributed by atoms with Gasteiger partial charge in [0.15, 0.2) is 9.84 Å². The van der Waals surface area contributed by atoms with E-state index in [1.165, 1.54) is 0 Å². The molecule has 1 aromatic carbocycles. The van der Waals surface area contributed by atoms with Crippen molar-refractivity contribution in [3.63, 3.8) is 0 Å². The van der Waals surface area contributed by atoms with Crippen molar-refractivity contribution < 1.29 is 22.7 Å². The molecule has 0 aromatic heterocycles. The Labute approximate surface area is 105 Å². The third-order valence-electron chi connectivity index (χ3n) is 2.32. The Morgan fingerprint density at radius 2 is 2.00 bits per heavy atom. The van der Waals surface area contributed by atoms with Gasteiger partial charge in [-0.3, -0.25) is 0 Å². The lowest BCUT2D eigenvalue weighted by Crippen LogP contribution is -2.22. The number of sulfone groups is 1. The Balaban J connectivity index is 3.15. The number of carboxylic acids is 1. The highest BCUT2D eigenvalue weighted by atomic mass is 32.2. The number of benzene rings is 1. The molecule has 0 heterocycles. The monoisotopic (exact) mass is 275 g/mol. The summed E-state index contributed by atoms with van der Waals surface area (Å²) in [7, 11) is -0.434. The van der Waals surface area contributed by atoms with Gasteiger partial charge in [0.25, 0.3) is 0 Å². The third-order valence-corrected chi connectivity index (χ3v) is 4.02. The quantitative estimate of drug-likeness (QED) is 0.862. The summed E-state index contributed by atoms with van der Waals surface area (Å²) in [6.07, 6.45) is 0. The zero-order valence-corrected chi connectivity index (χ0v) is 10.9. The zero-order chi connectivity index (χ0) is 13.9. The zero-order valence-electron chi connectivity index (χ0n) is 10.1. The van der Waals surface area contributed by atoms with Crippen molar-refractivity contribution in [2.24, 2.45) is 0 Å². The molecular weight excluding hydrogens is 261 g/mol. The van der Waals surface area contributed by atoms with Gasteiger partial charge in [0, 0.05) is 6.54 Å². The highest BCUT2D eigenvalue weighted by Gasteiger charge is 2.21. The van der Waals surface area contributed by atoms with Gasteiger partial charge in [0.2, 0.25) is 0 Å². The predicted molar refractivity (Wildman–Crippen MR) is 64.0 cm³/mol. The van der Waals surface area contributed by atoms with Gasteiger partial charge < -0.3 is 10.0 Å². The molecule has 0 amide bonds. The van der Waals surface area contributed by atoms with Gasteiger partial charge in [0.1, 0.15) is 10.7 Å². The van der Waals surface area contributed by atoms with Gasteiger partial charge in [-0.15, -0.1) is 0 Å². The standard InChI is InChI=1S/C11H14FNO4S/c1-13(2)5-6-18(16,17)10-7-8(11(14)15)3-4-9(10)12/h3-4,7H,5-6H2,1-2H3,(H,14,15). The van der Waals surface area contributed by atoms with Crippen LogP contribution in [0.3, 0.4) is 0 Å². The summed E-state index contributed by atoms with van der Waals surface area (Å²) < 4.78 is 37.2. The minimum Gasteiger partial charge on any atom is -0.478 e. The molecule has 0 bridgehead atoms. The second-order valence-corrected chi connectivity index (χ2v) is 6.15. The summed E-state index contributed by atoms with van der Waals surface area (Å²) in [6, 6.07) is 2.73. The van der Waals surface area contributed by atoms with E-state index in [0.717, 1.165) is 18.2 Å². The fraction of sp³-hybridized carbons (Fsp3) is 0.364. The van der Waals surface area contributed by atoms with Gasteiger partial charge in [0.05, 0.1) is 11.3 Å². The van der Waals surface area contributed by atoms with Crippen molar-refractivity contribution >= 4 is 15.8 Å². The fourth-order valence-electron chi connectivity index (χ4n) is 1.29. The van der Waals surface area contributed by atoms with Gasteiger partial charge in [-0.2, -0.15) is 0 Å². The molecule has 0 unspecified atom stereocenters. The van der Waals surface area contributed by atoms with Crippen LogP contribution in [0.1, 0.15) is 10.4 Å². The number of halogens is 1. The molecule has 0 saturated heterocycles. The molecule has 0 saturated carbocycles. The van der Waals surface area contributed by atoms with Crippen LogP contribution in [0.4, 0.5) is 4.39 Å². The largest absolute Gasteiger partial charge is 0.478 e. The number of carboxylic acid groups (broad SMARTS) is 1. The number of hydrogen-bond acceptors (Lipinski definition) is 4. The number of aromatic carboxylic acids is 1. The Kier molecular flexibility index (Phi) is 4.42. The Morgan fingerprint density at radius 1 is 1.39 bits per heavy atom. The van der Waals surface area contributed by atoms with Gasteiger partial charge >= 0.3 is 5.97 Å². The van der Waals surface area contributed by atoms with Gasteiger partial charge in [-0.1, -0.05) is 0 Å². The van der Waals surface area contributed by atoms with E-state index in [1.54, 1.807) is 19.0 Å². The van der Waals surface area contributed by atoms with Crippen LogP contribution in [0.5, 0.6) is 0 Å². The molecule has 5 nitrogen and oxygen atoms in total. The molecule has 0 aliphatic rings. The molecular formula is C11H14FNO4S. The van der Waals surface area contributed by atoms with E-state index in [0.29, 0.717) is 0 Å². The molecule has 0 fully saturated rings. The molecule has 0 spiro atoms. The van der Waals surface area contributed by atoms with Crippen molar-refractivity contribution in [2.45, 2.75) is 4.90 Å². The molecule has 1 rings (SSSR count). The highest BCUT2D eigenvalue weighted by molar-refractivity contribution is 7.91. The third kappa shape index (κ3) is 3.51. The average Bonchev–Trinajstić information content (AvgIpc) is 2.26. The number of carbonyl (C=O) groups is 1. The highest BCUT2D eigenvalue weighted by Crippen LogP contribution is 2.18. The Hall–Kier alpha value is -1.47. The first-order valence-corrected chi connectivity index (χ1v) is 6.79. The summed E-state index contributed by atoms with van der Waals surface area (Å²) >= 11 is 0. The maximum absolute atomic E-state index is 13.5. The topological polar surface area (TPSA) is 74.7 Å². The second-order valence-electron chi connectivity index (χ2n) is 4.07. The van der Waals surface area contributed by atoms with Crippen LogP contribution < -0.4 is 0 Å². The lowest BCUT2D eigenvalue weighted by molar-refractivity contribution is 0.0696. The summed E-state index contributed by atoms with van der Waals surface area (Å²) in [6.45, 7) is 0.235. The first-order chi connectivity index (χ1) is 8.24. The molecule has 0 radical (unpaired) electrons. The summed E-state index contributed by atoms with van der Waals surface area (Å²) in [4.78, 5) is 11.8. The number of rotatable bonds is 5. The van der Waals surface area contributed by atoms with Crippen molar-refractivity contribution in [3.8, 4) is 0 Å².